The standard InChI is InChI=1S/C22H24N3/c1-16-7-3-6-10-20(16)21-12-11-18(15-25(21)2)19-13-23-22(24-14-19)17-8-4-5-9-17/h3,6-7,10-15,17H,4-5,8-9H2,1-2H3/q+1. The minimum absolute atomic E-state index is 0.564. The lowest BCUT2D eigenvalue weighted by Gasteiger charge is -2.08. The van der Waals surface area contributed by atoms with Crippen LogP contribution in [0.4, 0.5) is 0 Å². The maximum absolute atomic E-state index is 4.64. The van der Waals surface area contributed by atoms with Crippen LogP contribution in [0.3, 0.4) is 0 Å². The Labute approximate surface area is 149 Å². The molecule has 126 valence electrons. The van der Waals surface area contributed by atoms with Gasteiger partial charge in [0.2, 0.25) is 5.69 Å². The summed E-state index contributed by atoms with van der Waals surface area (Å²) in [5.41, 5.74) is 6.00. The fraction of sp³-hybridized carbons (Fsp3) is 0.318. The van der Waals surface area contributed by atoms with E-state index in [1.54, 1.807) is 0 Å². The first kappa shape index (κ1) is 15.9. The highest BCUT2D eigenvalue weighted by atomic mass is 14.9. The second-order valence-electron chi connectivity index (χ2n) is 7.04. The highest BCUT2D eigenvalue weighted by Crippen LogP contribution is 2.32. The van der Waals surface area contributed by atoms with Gasteiger partial charge in [-0.1, -0.05) is 31.0 Å². The van der Waals surface area contributed by atoms with E-state index in [4.69, 9.17) is 0 Å². The predicted molar refractivity (Wildman–Crippen MR) is 100 cm³/mol. The summed E-state index contributed by atoms with van der Waals surface area (Å²) >= 11 is 0. The summed E-state index contributed by atoms with van der Waals surface area (Å²) in [5, 5.41) is 0. The summed E-state index contributed by atoms with van der Waals surface area (Å²) < 4.78 is 2.18. The first-order valence-electron chi connectivity index (χ1n) is 9.10. The van der Waals surface area contributed by atoms with E-state index in [9.17, 15) is 0 Å². The molecule has 3 nitrogen and oxygen atoms in total. The van der Waals surface area contributed by atoms with E-state index in [0.717, 1.165) is 17.0 Å². The van der Waals surface area contributed by atoms with E-state index >= 15 is 0 Å². The lowest BCUT2D eigenvalue weighted by molar-refractivity contribution is -0.659. The highest BCUT2D eigenvalue weighted by molar-refractivity contribution is 5.65. The molecule has 2 heterocycles. The van der Waals surface area contributed by atoms with E-state index in [0.29, 0.717) is 5.92 Å². The number of hydrogen-bond acceptors (Lipinski definition) is 2. The first-order valence-corrected chi connectivity index (χ1v) is 9.10. The molecule has 0 amide bonds. The van der Waals surface area contributed by atoms with Crippen molar-refractivity contribution in [3.05, 3.63) is 66.4 Å². The van der Waals surface area contributed by atoms with Crippen LogP contribution in [0, 0.1) is 6.92 Å². The van der Waals surface area contributed by atoms with Crippen molar-refractivity contribution < 1.29 is 4.57 Å². The Bertz CT molecular complexity index is 878. The van der Waals surface area contributed by atoms with Gasteiger partial charge in [0.15, 0.2) is 6.20 Å². The third kappa shape index (κ3) is 3.19. The summed E-state index contributed by atoms with van der Waals surface area (Å²) in [5.74, 6) is 1.58. The second kappa shape index (κ2) is 6.75. The van der Waals surface area contributed by atoms with Crippen LogP contribution >= 0.6 is 0 Å². The van der Waals surface area contributed by atoms with Crippen molar-refractivity contribution in [1.29, 1.82) is 0 Å². The molecule has 1 fully saturated rings. The zero-order chi connectivity index (χ0) is 17.2. The summed E-state index contributed by atoms with van der Waals surface area (Å²) in [6.45, 7) is 2.15. The zero-order valence-electron chi connectivity index (χ0n) is 14.9. The van der Waals surface area contributed by atoms with E-state index in [1.165, 1.54) is 42.5 Å². The van der Waals surface area contributed by atoms with Crippen molar-refractivity contribution in [1.82, 2.24) is 9.97 Å². The lowest BCUT2D eigenvalue weighted by atomic mass is 10.0. The summed E-state index contributed by atoms with van der Waals surface area (Å²) in [6.07, 6.45) is 11.2. The number of benzene rings is 1. The minimum atomic E-state index is 0.564. The van der Waals surface area contributed by atoms with E-state index in [1.807, 2.05) is 12.4 Å². The van der Waals surface area contributed by atoms with Gasteiger partial charge in [0.1, 0.15) is 12.9 Å². The Balaban J connectivity index is 1.63. The molecular formula is C22H24N3+. The van der Waals surface area contributed by atoms with Crippen LogP contribution in [-0.2, 0) is 7.05 Å². The normalized spacial score (nSPS) is 14.8. The largest absolute Gasteiger partial charge is 0.240 e. The Hall–Kier alpha value is -2.55. The number of pyridine rings is 1. The van der Waals surface area contributed by atoms with Crippen LogP contribution < -0.4 is 4.57 Å². The third-order valence-electron chi connectivity index (χ3n) is 5.28. The van der Waals surface area contributed by atoms with Gasteiger partial charge in [-0.05, 0) is 37.5 Å². The lowest BCUT2D eigenvalue weighted by Crippen LogP contribution is -2.30. The van der Waals surface area contributed by atoms with Crippen molar-refractivity contribution in [3.8, 4) is 22.4 Å². The molecule has 0 spiro atoms. The highest BCUT2D eigenvalue weighted by Gasteiger charge is 2.20. The number of aryl methyl sites for hydroxylation is 2. The fourth-order valence-electron chi connectivity index (χ4n) is 3.80. The molecule has 0 bridgehead atoms. The molecule has 3 heteroatoms. The van der Waals surface area contributed by atoms with Crippen LogP contribution in [0.15, 0.2) is 55.0 Å². The van der Waals surface area contributed by atoms with Gasteiger partial charge < -0.3 is 0 Å². The number of hydrogen-bond donors (Lipinski definition) is 0. The second-order valence-corrected chi connectivity index (χ2v) is 7.04. The molecule has 0 atom stereocenters. The number of nitrogens with zero attached hydrogens (tertiary/aromatic N) is 3. The monoisotopic (exact) mass is 330 g/mol. The van der Waals surface area contributed by atoms with Crippen molar-refractivity contribution in [3.63, 3.8) is 0 Å². The average Bonchev–Trinajstić information content (AvgIpc) is 3.17. The maximum Gasteiger partial charge on any atom is 0.212 e. The van der Waals surface area contributed by atoms with E-state index in [2.05, 4.69) is 71.1 Å². The first-order chi connectivity index (χ1) is 12.2. The molecule has 4 rings (SSSR count). The van der Waals surface area contributed by atoms with Gasteiger partial charge in [0.05, 0.1) is 0 Å². The molecule has 1 saturated carbocycles. The van der Waals surface area contributed by atoms with Gasteiger partial charge in [-0.3, -0.25) is 0 Å². The fourth-order valence-corrected chi connectivity index (χ4v) is 3.80. The average molecular weight is 330 g/mol. The Kier molecular flexibility index (Phi) is 4.31. The quantitative estimate of drug-likeness (QED) is 0.657. The van der Waals surface area contributed by atoms with Crippen LogP contribution in [0.5, 0.6) is 0 Å². The van der Waals surface area contributed by atoms with Gasteiger partial charge in [0.25, 0.3) is 0 Å². The Morgan fingerprint density at radius 1 is 0.920 bits per heavy atom. The summed E-state index contributed by atoms with van der Waals surface area (Å²) in [4.78, 5) is 9.28. The Morgan fingerprint density at radius 2 is 1.64 bits per heavy atom. The predicted octanol–water partition coefficient (Wildman–Crippen LogP) is 4.60. The number of aromatic nitrogens is 3. The third-order valence-corrected chi connectivity index (χ3v) is 5.28. The molecule has 1 aromatic carbocycles. The van der Waals surface area contributed by atoms with Crippen molar-refractivity contribution in [2.45, 2.75) is 38.5 Å². The van der Waals surface area contributed by atoms with Gasteiger partial charge in [-0.15, -0.1) is 0 Å². The van der Waals surface area contributed by atoms with Gasteiger partial charge in [-0.25, -0.2) is 14.5 Å². The molecule has 1 aliphatic rings. The topological polar surface area (TPSA) is 29.7 Å². The van der Waals surface area contributed by atoms with Crippen molar-refractivity contribution in [2.24, 2.45) is 7.05 Å². The molecular weight excluding hydrogens is 306 g/mol. The molecule has 0 unspecified atom stereocenters. The van der Waals surface area contributed by atoms with Crippen molar-refractivity contribution >= 4 is 0 Å². The molecule has 0 N–H and O–H groups in total. The summed E-state index contributed by atoms with van der Waals surface area (Å²) in [7, 11) is 2.10. The maximum atomic E-state index is 4.64. The zero-order valence-corrected chi connectivity index (χ0v) is 14.9. The van der Waals surface area contributed by atoms with E-state index in [-0.39, 0.29) is 0 Å². The molecule has 3 aromatic rings. The number of rotatable bonds is 3. The van der Waals surface area contributed by atoms with Gasteiger partial charge in [0, 0.05) is 41.1 Å². The van der Waals surface area contributed by atoms with Crippen LogP contribution in [0.1, 0.15) is 43.0 Å². The van der Waals surface area contributed by atoms with Crippen LogP contribution in [0.25, 0.3) is 22.4 Å². The van der Waals surface area contributed by atoms with E-state index < -0.39 is 0 Å². The van der Waals surface area contributed by atoms with Gasteiger partial charge >= 0.3 is 0 Å². The molecule has 0 radical (unpaired) electrons. The van der Waals surface area contributed by atoms with Crippen LogP contribution in [0.2, 0.25) is 0 Å². The Morgan fingerprint density at radius 3 is 2.32 bits per heavy atom. The molecule has 0 aliphatic heterocycles. The molecule has 2 aromatic heterocycles. The smallest absolute Gasteiger partial charge is 0.212 e. The summed E-state index contributed by atoms with van der Waals surface area (Å²) in [6, 6.07) is 12.8. The molecule has 1 aliphatic carbocycles. The molecule has 25 heavy (non-hydrogen) atoms. The van der Waals surface area contributed by atoms with Crippen molar-refractivity contribution in [2.75, 3.05) is 0 Å². The molecule has 0 saturated heterocycles. The minimum Gasteiger partial charge on any atom is -0.240 e. The van der Waals surface area contributed by atoms with Crippen LogP contribution in [-0.4, -0.2) is 9.97 Å². The SMILES string of the molecule is Cc1ccccc1-c1ccc(-c2cnc(C3CCCC3)nc2)c[n+]1C. The van der Waals surface area contributed by atoms with Gasteiger partial charge in [-0.2, -0.15) is 0 Å².